The minimum Gasteiger partial charge on any atom is -0.494 e. The molecule has 0 atom stereocenters. The first-order chi connectivity index (χ1) is 9.65. The topological polar surface area (TPSA) is 50.4 Å². The molecule has 1 aromatic carbocycles. The molecule has 3 heterocycles. The van der Waals surface area contributed by atoms with Crippen LogP contribution in [-0.2, 0) is 7.05 Å². The van der Waals surface area contributed by atoms with E-state index in [-0.39, 0.29) is 5.88 Å². The van der Waals surface area contributed by atoms with Crippen molar-refractivity contribution in [3.8, 4) is 5.88 Å². The Morgan fingerprint density at radius 2 is 2.15 bits per heavy atom. The standard InChI is InChI=1S/C15H10ClN3O/c1-19-12-6-8-5-9(16)7-17-14(8)18-11-4-2-3-10(13(11)12)15(19)20/h2-7,20H,1H3. The first-order valence-electron chi connectivity index (χ1n) is 6.17. The summed E-state index contributed by atoms with van der Waals surface area (Å²) in [6.45, 7) is 0. The zero-order chi connectivity index (χ0) is 13.9. The van der Waals surface area contributed by atoms with Crippen molar-refractivity contribution in [1.82, 2.24) is 9.55 Å². The van der Waals surface area contributed by atoms with Gasteiger partial charge in [-0.2, -0.15) is 0 Å². The summed E-state index contributed by atoms with van der Waals surface area (Å²) < 4.78 is 1.75. The second-order valence-corrected chi connectivity index (χ2v) is 5.23. The van der Waals surface area contributed by atoms with Crippen LogP contribution in [0, 0.1) is 0 Å². The van der Waals surface area contributed by atoms with Crippen molar-refractivity contribution in [3.63, 3.8) is 0 Å². The molecule has 0 fully saturated rings. The molecule has 0 aliphatic carbocycles. The summed E-state index contributed by atoms with van der Waals surface area (Å²) in [4.78, 5) is 8.87. The molecule has 98 valence electrons. The van der Waals surface area contributed by atoms with Crippen LogP contribution in [0.15, 0.2) is 35.5 Å². The van der Waals surface area contributed by atoms with Crippen LogP contribution in [0.25, 0.3) is 16.8 Å². The van der Waals surface area contributed by atoms with E-state index in [9.17, 15) is 5.11 Å². The van der Waals surface area contributed by atoms with Gasteiger partial charge < -0.3 is 9.67 Å². The zero-order valence-electron chi connectivity index (χ0n) is 10.6. The van der Waals surface area contributed by atoms with E-state index in [4.69, 9.17) is 11.6 Å². The molecule has 1 aliphatic rings. The highest BCUT2D eigenvalue weighted by atomic mass is 35.5. The molecule has 0 radical (unpaired) electrons. The number of hydrogen-bond donors (Lipinski definition) is 1. The van der Waals surface area contributed by atoms with Crippen LogP contribution in [0.5, 0.6) is 5.88 Å². The van der Waals surface area contributed by atoms with Gasteiger partial charge in [0.15, 0.2) is 11.4 Å². The van der Waals surface area contributed by atoms with Crippen LogP contribution < -0.4 is 10.7 Å². The van der Waals surface area contributed by atoms with E-state index < -0.39 is 0 Å². The van der Waals surface area contributed by atoms with Gasteiger partial charge in [0.1, 0.15) is 0 Å². The van der Waals surface area contributed by atoms with Crippen LogP contribution in [-0.4, -0.2) is 14.7 Å². The highest BCUT2D eigenvalue weighted by Gasteiger charge is 2.17. The van der Waals surface area contributed by atoms with E-state index in [0.717, 1.165) is 27.4 Å². The minimum absolute atomic E-state index is 0.238. The summed E-state index contributed by atoms with van der Waals surface area (Å²) >= 11 is 6.01. The third-order valence-corrected chi connectivity index (χ3v) is 3.81. The Balaban J connectivity index is 2.29. The molecule has 0 amide bonds. The van der Waals surface area contributed by atoms with Gasteiger partial charge in [-0.15, -0.1) is 0 Å². The number of halogens is 1. The van der Waals surface area contributed by atoms with Crippen LogP contribution in [0.1, 0.15) is 5.69 Å². The van der Waals surface area contributed by atoms with Gasteiger partial charge in [-0.3, -0.25) is 0 Å². The van der Waals surface area contributed by atoms with Gasteiger partial charge in [0.2, 0.25) is 0 Å². The molecular formula is C15H10ClN3O. The summed E-state index contributed by atoms with van der Waals surface area (Å²) in [6, 6.07) is 7.52. The van der Waals surface area contributed by atoms with E-state index in [0.29, 0.717) is 10.5 Å². The monoisotopic (exact) mass is 283 g/mol. The van der Waals surface area contributed by atoms with E-state index in [1.54, 1.807) is 10.8 Å². The molecule has 1 aliphatic heterocycles. The third-order valence-electron chi connectivity index (χ3n) is 3.60. The van der Waals surface area contributed by atoms with E-state index in [1.807, 2.05) is 37.4 Å². The molecule has 5 heteroatoms. The van der Waals surface area contributed by atoms with Crippen molar-refractivity contribution in [2.75, 3.05) is 0 Å². The Labute approximate surface area is 119 Å². The van der Waals surface area contributed by atoms with Crippen molar-refractivity contribution in [2.45, 2.75) is 0 Å². The number of benzene rings is 1. The maximum absolute atomic E-state index is 10.2. The molecule has 4 nitrogen and oxygen atoms in total. The Morgan fingerprint density at radius 1 is 1.30 bits per heavy atom. The summed E-state index contributed by atoms with van der Waals surface area (Å²) in [5.41, 5.74) is 2.34. The normalized spacial score (nSPS) is 12.5. The third kappa shape index (κ3) is 1.42. The van der Waals surface area contributed by atoms with Gasteiger partial charge in [0.05, 0.1) is 16.4 Å². The fraction of sp³-hybridized carbons (Fsp3) is 0.0667. The second kappa shape index (κ2) is 3.84. The van der Waals surface area contributed by atoms with Gasteiger partial charge in [-0.25, -0.2) is 9.98 Å². The molecule has 0 spiro atoms. The van der Waals surface area contributed by atoms with Crippen molar-refractivity contribution in [2.24, 2.45) is 12.0 Å². The van der Waals surface area contributed by atoms with Crippen molar-refractivity contribution in [3.05, 3.63) is 51.9 Å². The second-order valence-electron chi connectivity index (χ2n) is 4.79. The lowest BCUT2D eigenvalue weighted by molar-refractivity contribution is 0.437. The maximum atomic E-state index is 10.2. The highest BCUT2D eigenvalue weighted by Crippen LogP contribution is 2.37. The summed E-state index contributed by atoms with van der Waals surface area (Å²) in [6.07, 6.45) is 3.54. The molecule has 0 unspecified atom stereocenters. The predicted octanol–water partition coefficient (Wildman–Crippen LogP) is 2.03. The number of aromatic nitrogens is 2. The SMILES string of the molecule is Cn1c(O)c2cccc3c2c1C=c1cc(Cl)cnc1=N3. The van der Waals surface area contributed by atoms with Crippen molar-refractivity contribution >= 4 is 34.1 Å². The van der Waals surface area contributed by atoms with Gasteiger partial charge in [0, 0.05) is 29.2 Å². The highest BCUT2D eigenvalue weighted by molar-refractivity contribution is 6.30. The molecule has 0 bridgehead atoms. The number of hydrogen-bond acceptors (Lipinski definition) is 3. The van der Waals surface area contributed by atoms with E-state index in [2.05, 4.69) is 9.98 Å². The molecule has 3 aromatic rings. The Hall–Kier alpha value is -2.33. The maximum Gasteiger partial charge on any atom is 0.199 e. The summed E-state index contributed by atoms with van der Waals surface area (Å²) in [5.74, 6) is 0.238. The van der Waals surface area contributed by atoms with Gasteiger partial charge in [-0.05, 0) is 24.3 Å². The van der Waals surface area contributed by atoms with E-state index >= 15 is 0 Å². The average Bonchev–Trinajstić information content (AvgIpc) is 2.61. The molecule has 2 aromatic heterocycles. The summed E-state index contributed by atoms with van der Waals surface area (Å²) in [7, 11) is 1.83. The lowest BCUT2D eigenvalue weighted by Gasteiger charge is -1.98. The zero-order valence-corrected chi connectivity index (χ0v) is 11.4. The first kappa shape index (κ1) is 11.5. The number of fused-ring (bicyclic) bond motifs is 1. The minimum atomic E-state index is 0.238. The van der Waals surface area contributed by atoms with Crippen molar-refractivity contribution in [1.29, 1.82) is 0 Å². The lowest BCUT2D eigenvalue weighted by Crippen LogP contribution is -2.27. The van der Waals surface area contributed by atoms with Crippen LogP contribution in [0.3, 0.4) is 0 Å². The Kier molecular flexibility index (Phi) is 2.20. The molecule has 20 heavy (non-hydrogen) atoms. The van der Waals surface area contributed by atoms with Gasteiger partial charge >= 0.3 is 0 Å². The first-order valence-corrected chi connectivity index (χ1v) is 6.55. The van der Waals surface area contributed by atoms with Gasteiger partial charge in [-0.1, -0.05) is 17.7 Å². The van der Waals surface area contributed by atoms with Crippen molar-refractivity contribution < 1.29 is 5.11 Å². The Bertz CT molecular complexity index is 989. The molecule has 0 saturated heterocycles. The van der Waals surface area contributed by atoms with Gasteiger partial charge in [0.25, 0.3) is 0 Å². The molecule has 1 N–H and O–H groups in total. The Morgan fingerprint density at radius 3 is 3.00 bits per heavy atom. The lowest BCUT2D eigenvalue weighted by atomic mass is 10.1. The fourth-order valence-corrected chi connectivity index (χ4v) is 2.80. The number of aromatic hydroxyl groups is 1. The molecular weight excluding hydrogens is 274 g/mol. The molecule has 4 rings (SSSR count). The summed E-state index contributed by atoms with van der Waals surface area (Å²) in [5, 5.41) is 13.3. The van der Waals surface area contributed by atoms with Crippen LogP contribution in [0.2, 0.25) is 5.02 Å². The fourth-order valence-electron chi connectivity index (χ4n) is 2.63. The largest absolute Gasteiger partial charge is 0.494 e. The average molecular weight is 284 g/mol. The number of rotatable bonds is 0. The van der Waals surface area contributed by atoms with Crippen LogP contribution >= 0.6 is 11.6 Å². The quantitative estimate of drug-likeness (QED) is 0.537. The molecule has 0 saturated carbocycles. The number of nitrogens with zero attached hydrogens (tertiary/aromatic N) is 3. The van der Waals surface area contributed by atoms with Crippen LogP contribution in [0.4, 0.5) is 5.69 Å². The van der Waals surface area contributed by atoms with E-state index in [1.165, 1.54) is 0 Å². The number of pyridine rings is 1. The predicted molar refractivity (Wildman–Crippen MR) is 77.8 cm³/mol. The smallest absolute Gasteiger partial charge is 0.199 e.